The Labute approximate surface area is 147 Å². The van der Waals surface area contributed by atoms with Crippen LogP contribution in [-0.4, -0.2) is 23.9 Å². The maximum Gasteiger partial charge on any atom is 0.330 e. The predicted octanol–water partition coefficient (Wildman–Crippen LogP) is 3.73. The van der Waals surface area contributed by atoms with E-state index >= 15 is 0 Å². The van der Waals surface area contributed by atoms with Gasteiger partial charge in [0.05, 0.1) is 13.7 Å². The molecule has 1 unspecified atom stereocenters. The van der Waals surface area contributed by atoms with Crippen LogP contribution in [0.1, 0.15) is 38.2 Å². The molecule has 0 N–H and O–H groups in total. The first-order valence-electron chi connectivity index (χ1n) is 8.47. The summed E-state index contributed by atoms with van der Waals surface area (Å²) in [6.45, 7) is 2.44. The third-order valence-corrected chi connectivity index (χ3v) is 5.01. The Morgan fingerprint density at radius 2 is 2.24 bits per heavy atom. The summed E-state index contributed by atoms with van der Waals surface area (Å²) in [5.74, 6) is -0.677. The number of ether oxygens (including phenoxy) is 1. The molecule has 1 aliphatic carbocycles. The highest BCUT2D eigenvalue weighted by atomic mass is 19.1. The van der Waals surface area contributed by atoms with E-state index in [2.05, 4.69) is 11.7 Å². The molecule has 25 heavy (non-hydrogen) atoms. The van der Waals surface area contributed by atoms with Crippen LogP contribution in [0.5, 0.6) is 0 Å². The molecular formula is C20H22FNO3. The molecule has 1 fully saturated rings. The summed E-state index contributed by atoms with van der Waals surface area (Å²) >= 11 is 0. The predicted molar refractivity (Wildman–Crippen MR) is 91.7 cm³/mol. The number of hydrogen-bond donors (Lipinski definition) is 0. The van der Waals surface area contributed by atoms with E-state index in [-0.39, 0.29) is 17.1 Å². The maximum atomic E-state index is 13.5. The number of likely N-dealkylation sites (tertiary alicyclic amines) is 1. The molecule has 132 valence electrons. The maximum absolute atomic E-state index is 13.5. The van der Waals surface area contributed by atoms with Gasteiger partial charge in [0.25, 0.3) is 0 Å². The number of halogens is 1. The zero-order chi connectivity index (χ0) is 18.0. The molecule has 0 aromatic heterocycles. The van der Waals surface area contributed by atoms with E-state index in [1.807, 2.05) is 6.07 Å². The highest BCUT2D eigenvalue weighted by Gasteiger charge is 2.46. The van der Waals surface area contributed by atoms with Crippen molar-refractivity contribution in [1.29, 1.82) is 0 Å². The Bertz CT molecular complexity index is 768. The minimum Gasteiger partial charge on any atom is -0.466 e. The van der Waals surface area contributed by atoms with Crippen molar-refractivity contribution >= 4 is 11.9 Å². The largest absolute Gasteiger partial charge is 0.466 e. The number of fused-ring (bicyclic) bond motifs is 1. The van der Waals surface area contributed by atoms with Gasteiger partial charge in [-0.3, -0.25) is 4.79 Å². The average molecular weight is 343 g/mol. The summed E-state index contributed by atoms with van der Waals surface area (Å²) in [5.41, 5.74) is 2.49. The Morgan fingerprint density at radius 1 is 1.44 bits per heavy atom. The summed E-state index contributed by atoms with van der Waals surface area (Å²) < 4.78 is 18.2. The molecule has 0 bridgehead atoms. The summed E-state index contributed by atoms with van der Waals surface area (Å²) in [5, 5.41) is 0. The molecule has 4 nitrogen and oxygen atoms in total. The van der Waals surface area contributed by atoms with Crippen LogP contribution in [0.25, 0.3) is 0 Å². The quantitative estimate of drug-likeness (QED) is 0.618. The fourth-order valence-corrected chi connectivity index (χ4v) is 3.90. The van der Waals surface area contributed by atoms with Gasteiger partial charge in [-0.25, -0.2) is 9.18 Å². The van der Waals surface area contributed by atoms with Gasteiger partial charge in [-0.05, 0) is 42.5 Å². The topological polar surface area (TPSA) is 46.6 Å². The standard InChI is InChI=1S/C20H22FNO3/c1-20-10-4-6-15(8-9-18(24)25-2)19(20)22(17(23)12-20)13-14-5-3-7-16(21)11-14/h3,5,7-9,11H,4,6,10,12-13H2,1-2H3/b9-8+. The lowest BCUT2D eigenvalue weighted by atomic mass is 9.74. The van der Waals surface area contributed by atoms with Crippen LogP contribution in [0.15, 0.2) is 47.7 Å². The number of carbonyl (C=O) groups is 2. The lowest BCUT2D eigenvalue weighted by molar-refractivity contribution is -0.134. The smallest absolute Gasteiger partial charge is 0.330 e. The molecule has 1 saturated heterocycles. The number of rotatable bonds is 4. The van der Waals surface area contributed by atoms with Crippen molar-refractivity contribution in [2.24, 2.45) is 5.41 Å². The average Bonchev–Trinajstić information content (AvgIpc) is 2.83. The van der Waals surface area contributed by atoms with Gasteiger partial charge in [-0.15, -0.1) is 0 Å². The van der Waals surface area contributed by atoms with Gasteiger partial charge in [0.15, 0.2) is 0 Å². The summed E-state index contributed by atoms with van der Waals surface area (Å²) in [6.07, 6.45) is 6.33. The van der Waals surface area contributed by atoms with E-state index in [1.165, 1.54) is 25.3 Å². The van der Waals surface area contributed by atoms with Crippen molar-refractivity contribution in [1.82, 2.24) is 4.90 Å². The van der Waals surface area contributed by atoms with Gasteiger partial charge >= 0.3 is 5.97 Å². The normalized spacial score (nSPS) is 23.3. The lowest BCUT2D eigenvalue weighted by Crippen LogP contribution is -2.28. The Kier molecular flexibility index (Phi) is 4.75. The van der Waals surface area contributed by atoms with E-state index in [0.717, 1.165) is 36.1 Å². The summed E-state index contributed by atoms with van der Waals surface area (Å²) in [4.78, 5) is 25.9. The second-order valence-electron chi connectivity index (χ2n) is 6.93. The number of methoxy groups -OCH3 is 1. The van der Waals surface area contributed by atoms with Crippen LogP contribution in [-0.2, 0) is 20.9 Å². The van der Waals surface area contributed by atoms with Crippen LogP contribution in [0.2, 0.25) is 0 Å². The van der Waals surface area contributed by atoms with Crippen LogP contribution in [0.3, 0.4) is 0 Å². The molecule has 0 saturated carbocycles. The van der Waals surface area contributed by atoms with Crippen LogP contribution in [0, 0.1) is 11.2 Å². The molecule has 3 rings (SSSR count). The number of allylic oxidation sites excluding steroid dienone is 3. The van der Waals surface area contributed by atoms with E-state index < -0.39 is 5.97 Å². The fourth-order valence-electron chi connectivity index (χ4n) is 3.90. The highest BCUT2D eigenvalue weighted by molar-refractivity contribution is 5.85. The first-order valence-corrected chi connectivity index (χ1v) is 8.47. The minimum atomic E-state index is -0.415. The van der Waals surface area contributed by atoms with Gasteiger partial charge < -0.3 is 9.64 Å². The monoisotopic (exact) mass is 343 g/mol. The van der Waals surface area contributed by atoms with Crippen molar-refractivity contribution in [3.63, 3.8) is 0 Å². The third-order valence-electron chi connectivity index (χ3n) is 5.01. The number of esters is 1. The first kappa shape index (κ1) is 17.4. The second-order valence-corrected chi connectivity index (χ2v) is 6.93. The van der Waals surface area contributed by atoms with Gasteiger partial charge in [0, 0.05) is 23.6 Å². The fraction of sp³-hybridized carbons (Fsp3) is 0.400. The van der Waals surface area contributed by atoms with Crippen LogP contribution < -0.4 is 0 Å². The Balaban J connectivity index is 1.98. The van der Waals surface area contributed by atoms with E-state index in [1.54, 1.807) is 17.0 Å². The van der Waals surface area contributed by atoms with Crippen molar-refractivity contribution < 1.29 is 18.7 Å². The number of amides is 1. The molecule has 1 aromatic carbocycles. The van der Waals surface area contributed by atoms with Crippen molar-refractivity contribution in [2.75, 3.05) is 7.11 Å². The molecule has 1 atom stereocenters. The zero-order valence-electron chi connectivity index (χ0n) is 14.5. The molecule has 2 aliphatic rings. The lowest BCUT2D eigenvalue weighted by Gasteiger charge is -2.34. The summed E-state index contributed by atoms with van der Waals surface area (Å²) in [7, 11) is 1.34. The van der Waals surface area contributed by atoms with Crippen LogP contribution >= 0.6 is 0 Å². The van der Waals surface area contributed by atoms with Gasteiger partial charge in [-0.2, -0.15) is 0 Å². The SMILES string of the molecule is COC(=O)/C=C/C1=C2N(Cc3cccc(F)c3)C(=O)CC2(C)CCC1. The molecule has 5 heteroatoms. The second kappa shape index (κ2) is 6.82. The van der Waals surface area contributed by atoms with Gasteiger partial charge in [0.2, 0.25) is 5.91 Å². The molecule has 1 heterocycles. The number of benzene rings is 1. The van der Waals surface area contributed by atoms with Crippen LogP contribution in [0.4, 0.5) is 4.39 Å². The number of nitrogens with zero attached hydrogens (tertiary/aromatic N) is 1. The first-order chi connectivity index (χ1) is 11.9. The molecule has 1 amide bonds. The molecule has 0 spiro atoms. The minimum absolute atomic E-state index is 0.0487. The van der Waals surface area contributed by atoms with E-state index in [9.17, 15) is 14.0 Å². The number of carbonyl (C=O) groups excluding carboxylic acids is 2. The van der Waals surface area contributed by atoms with Gasteiger partial charge in [0.1, 0.15) is 5.82 Å². The van der Waals surface area contributed by atoms with Gasteiger partial charge in [-0.1, -0.05) is 25.1 Å². The van der Waals surface area contributed by atoms with Crippen molar-refractivity contribution in [3.8, 4) is 0 Å². The van der Waals surface area contributed by atoms with E-state index in [0.29, 0.717) is 13.0 Å². The number of hydrogen-bond acceptors (Lipinski definition) is 3. The summed E-state index contributed by atoms with van der Waals surface area (Å²) in [6, 6.07) is 6.32. The van der Waals surface area contributed by atoms with Crippen molar-refractivity contribution in [2.45, 2.75) is 39.2 Å². The molecule has 1 aliphatic heterocycles. The molecule has 0 radical (unpaired) electrons. The molecule has 1 aromatic rings. The van der Waals surface area contributed by atoms with E-state index in [4.69, 9.17) is 0 Å². The Hall–Kier alpha value is -2.43. The van der Waals surface area contributed by atoms with Crippen molar-refractivity contribution in [3.05, 3.63) is 59.1 Å². The third kappa shape index (κ3) is 3.50. The highest BCUT2D eigenvalue weighted by Crippen LogP contribution is 2.50. The Morgan fingerprint density at radius 3 is 2.96 bits per heavy atom. The molecular weight excluding hydrogens is 321 g/mol. The zero-order valence-corrected chi connectivity index (χ0v) is 14.5.